The maximum absolute atomic E-state index is 12.4. The number of carbonyl (C=O) groups is 1. The standard InChI is InChI=1S/C15H18N8OS/c1-21-2-4-22(5-3-21)13-6-12(17-9-18-13)14(24)16-7-11-8-25-15-19-10-20-23(11)15/h6,8-10H,2-5,7H2,1H3,(H,16,24). The first-order valence-electron chi connectivity index (χ1n) is 8.00. The number of amides is 1. The fraction of sp³-hybridized carbons (Fsp3) is 0.400. The van der Waals surface area contributed by atoms with E-state index in [4.69, 9.17) is 0 Å². The SMILES string of the molecule is CN1CCN(c2cc(C(=O)NCc3csc4ncnn34)ncn2)CC1. The molecule has 25 heavy (non-hydrogen) atoms. The Morgan fingerprint density at radius 1 is 1.20 bits per heavy atom. The van der Waals surface area contributed by atoms with Crippen LogP contribution < -0.4 is 10.2 Å². The number of hydrogen-bond acceptors (Lipinski definition) is 8. The van der Waals surface area contributed by atoms with E-state index in [9.17, 15) is 4.79 Å². The van der Waals surface area contributed by atoms with Crippen molar-refractivity contribution in [3.05, 3.63) is 35.5 Å². The summed E-state index contributed by atoms with van der Waals surface area (Å²) in [6.07, 6.45) is 2.95. The molecule has 10 heteroatoms. The molecule has 1 aliphatic heterocycles. The number of rotatable bonds is 4. The van der Waals surface area contributed by atoms with Gasteiger partial charge in [-0.1, -0.05) is 0 Å². The highest BCUT2D eigenvalue weighted by Crippen LogP contribution is 2.14. The highest BCUT2D eigenvalue weighted by molar-refractivity contribution is 7.15. The van der Waals surface area contributed by atoms with Crippen molar-refractivity contribution in [2.24, 2.45) is 0 Å². The lowest BCUT2D eigenvalue weighted by atomic mass is 10.3. The predicted molar refractivity (Wildman–Crippen MR) is 93.8 cm³/mol. The summed E-state index contributed by atoms with van der Waals surface area (Å²) in [7, 11) is 2.10. The largest absolute Gasteiger partial charge is 0.354 e. The zero-order chi connectivity index (χ0) is 17.2. The van der Waals surface area contributed by atoms with E-state index >= 15 is 0 Å². The van der Waals surface area contributed by atoms with Crippen LogP contribution in [-0.2, 0) is 6.54 Å². The van der Waals surface area contributed by atoms with Crippen molar-refractivity contribution in [2.75, 3.05) is 38.1 Å². The number of likely N-dealkylation sites (N-methyl/N-ethyl adjacent to an activating group) is 1. The van der Waals surface area contributed by atoms with Gasteiger partial charge in [0.1, 0.15) is 24.2 Å². The summed E-state index contributed by atoms with van der Waals surface area (Å²) < 4.78 is 1.72. The van der Waals surface area contributed by atoms with E-state index < -0.39 is 0 Å². The Hall–Kier alpha value is -2.59. The summed E-state index contributed by atoms with van der Waals surface area (Å²) in [4.78, 5) is 30.2. The topological polar surface area (TPSA) is 91.5 Å². The number of piperazine rings is 1. The Bertz CT molecular complexity index is 882. The van der Waals surface area contributed by atoms with Gasteiger partial charge in [-0.2, -0.15) is 5.10 Å². The van der Waals surface area contributed by atoms with E-state index in [0.29, 0.717) is 12.2 Å². The lowest BCUT2D eigenvalue weighted by molar-refractivity contribution is 0.0945. The molecule has 1 saturated heterocycles. The van der Waals surface area contributed by atoms with Gasteiger partial charge in [0.15, 0.2) is 0 Å². The Kier molecular flexibility index (Phi) is 4.28. The molecular formula is C15H18N8OS. The average Bonchev–Trinajstić information content (AvgIpc) is 3.24. The Morgan fingerprint density at radius 3 is 2.88 bits per heavy atom. The minimum atomic E-state index is -0.225. The fourth-order valence-corrected chi connectivity index (χ4v) is 3.53. The molecule has 0 atom stereocenters. The molecular weight excluding hydrogens is 340 g/mol. The Labute approximate surface area is 148 Å². The molecule has 9 nitrogen and oxygen atoms in total. The number of nitrogens with one attached hydrogen (secondary N) is 1. The minimum absolute atomic E-state index is 0.225. The van der Waals surface area contributed by atoms with Crippen LogP contribution in [0.25, 0.3) is 4.96 Å². The van der Waals surface area contributed by atoms with E-state index in [0.717, 1.165) is 42.7 Å². The summed E-state index contributed by atoms with van der Waals surface area (Å²) in [6, 6.07) is 1.75. The van der Waals surface area contributed by atoms with Gasteiger partial charge in [-0.25, -0.2) is 19.5 Å². The molecule has 0 bridgehead atoms. The third-order valence-corrected chi connectivity index (χ3v) is 5.11. The fourth-order valence-electron chi connectivity index (χ4n) is 2.74. The molecule has 0 unspecified atom stereocenters. The van der Waals surface area contributed by atoms with Gasteiger partial charge in [0.25, 0.3) is 5.91 Å². The van der Waals surface area contributed by atoms with Crippen LogP contribution in [0.5, 0.6) is 0 Å². The molecule has 130 valence electrons. The van der Waals surface area contributed by atoms with Gasteiger partial charge in [0, 0.05) is 37.6 Å². The molecule has 0 radical (unpaired) electrons. The van der Waals surface area contributed by atoms with Crippen LogP contribution in [0.2, 0.25) is 0 Å². The van der Waals surface area contributed by atoms with Gasteiger partial charge in [-0.05, 0) is 7.05 Å². The van der Waals surface area contributed by atoms with Gasteiger partial charge in [0.2, 0.25) is 4.96 Å². The second-order valence-electron chi connectivity index (χ2n) is 5.92. The zero-order valence-electron chi connectivity index (χ0n) is 13.8. The summed E-state index contributed by atoms with van der Waals surface area (Å²) in [6.45, 7) is 4.13. The lowest BCUT2D eigenvalue weighted by Gasteiger charge is -2.33. The molecule has 1 aliphatic rings. The Morgan fingerprint density at radius 2 is 2.04 bits per heavy atom. The summed E-state index contributed by atoms with van der Waals surface area (Å²) in [5, 5.41) is 8.96. The van der Waals surface area contributed by atoms with Crippen LogP contribution in [0.3, 0.4) is 0 Å². The molecule has 0 aromatic carbocycles. The average molecular weight is 358 g/mol. The van der Waals surface area contributed by atoms with Crippen molar-refractivity contribution >= 4 is 28.0 Å². The van der Waals surface area contributed by atoms with Crippen LogP contribution in [0.15, 0.2) is 24.1 Å². The van der Waals surface area contributed by atoms with Gasteiger partial charge in [0.05, 0.1) is 12.2 Å². The van der Waals surface area contributed by atoms with Gasteiger partial charge < -0.3 is 15.1 Å². The second-order valence-corrected chi connectivity index (χ2v) is 6.75. The zero-order valence-corrected chi connectivity index (χ0v) is 14.6. The highest BCUT2D eigenvalue weighted by Gasteiger charge is 2.17. The number of nitrogens with zero attached hydrogens (tertiary/aromatic N) is 7. The number of fused-ring (bicyclic) bond motifs is 1. The van der Waals surface area contributed by atoms with Crippen LogP contribution in [0.4, 0.5) is 5.82 Å². The van der Waals surface area contributed by atoms with E-state index in [1.165, 1.54) is 24.0 Å². The molecule has 3 aromatic rings. The van der Waals surface area contributed by atoms with Crippen LogP contribution in [0.1, 0.15) is 16.2 Å². The molecule has 1 amide bonds. The van der Waals surface area contributed by atoms with Crippen molar-refractivity contribution in [1.29, 1.82) is 0 Å². The van der Waals surface area contributed by atoms with Crippen LogP contribution in [0, 0.1) is 0 Å². The summed E-state index contributed by atoms with van der Waals surface area (Å²) in [5.74, 6) is 0.569. The van der Waals surface area contributed by atoms with E-state index in [-0.39, 0.29) is 5.91 Å². The van der Waals surface area contributed by atoms with E-state index in [1.807, 2.05) is 5.38 Å². The first-order chi connectivity index (χ1) is 12.2. The third-order valence-electron chi connectivity index (χ3n) is 4.23. The van der Waals surface area contributed by atoms with Crippen LogP contribution in [-0.4, -0.2) is 68.6 Å². The number of hydrogen-bond donors (Lipinski definition) is 1. The molecule has 1 fully saturated rings. The van der Waals surface area contributed by atoms with Gasteiger partial charge in [-0.15, -0.1) is 11.3 Å². The molecule has 0 spiro atoms. The first-order valence-corrected chi connectivity index (χ1v) is 8.88. The quantitative estimate of drug-likeness (QED) is 0.715. The van der Waals surface area contributed by atoms with E-state index in [2.05, 4.69) is 42.2 Å². The van der Waals surface area contributed by atoms with Crippen molar-refractivity contribution in [3.63, 3.8) is 0 Å². The smallest absolute Gasteiger partial charge is 0.270 e. The first kappa shape index (κ1) is 15.9. The Balaban J connectivity index is 1.43. The number of aromatic nitrogens is 5. The monoisotopic (exact) mass is 358 g/mol. The van der Waals surface area contributed by atoms with Gasteiger partial charge >= 0.3 is 0 Å². The summed E-state index contributed by atoms with van der Waals surface area (Å²) in [5.41, 5.74) is 1.26. The third kappa shape index (κ3) is 3.30. The predicted octanol–water partition coefficient (Wildman–Crippen LogP) is 0.263. The normalized spacial score (nSPS) is 15.6. The molecule has 3 aromatic heterocycles. The highest BCUT2D eigenvalue weighted by atomic mass is 32.1. The number of anilines is 1. The van der Waals surface area contributed by atoms with Gasteiger partial charge in [-0.3, -0.25) is 4.79 Å². The lowest BCUT2D eigenvalue weighted by Crippen LogP contribution is -2.44. The molecule has 4 heterocycles. The molecule has 4 rings (SSSR count). The van der Waals surface area contributed by atoms with Crippen molar-refractivity contribution in [1.82, 2.24) is 34.8 Å². The molecule has 0 saturated carbocycles. The number of carbonyl (C=O) groups excluding carboxylic acids is 1. The van der Waals surface area contributed by atoms with Crippen molar-refractivity contribution < 1.29 is 4.79 Å². The van der Waals surface area contributed by atoms with Crippen molar-refractivity contribution in [2.45, 2.75) is 6.54 Å². The molecule has 0 aliphatic carbocycles. The number of thiazole rings is 1. The maximum atomic E-state index is 12.4. The van der Waals surface area contributed by atoms with Crippen molar-refractivity contribution in [3.8, 4) is 0 Å². The van der Waals surface area contributed by atoms with Crippen LogP contribution >= 0.6 is 11.3 Å². The molecule has 1 N–H and O–H groups in total. The van der Waals surface area contributed by atoms with E-state index in [1.54, 1.807) is 10.6 Å². The second kappa shape index (κ2) is 6.73. The minimum Gasteiger partial charge on any atom is -0.354 e. The summed E-state index contributed by atoms with van der Waals surface area (Å²) >= 11 is 1.49. The maximum Gasteiger partial charge on any atom is 0.270 e.